The summed E-state index contributed by atoms with van der Waals surface area (Å²) in [5, 5.41) is 2.94. The summed E-state index contributed by atoms with van der Waals surface area (Å²) in [6.45, 7) is 0. The Morgan fingerprint density at radius 1 is 1.33 bits per heavy atom. The fraction of sp³-hybridized carbons (Fsp3) is 0. The fourth-order valence-corrected chi connectivity index (χ4v) is 1.60. The minimum absolute atomic E-state index is 0.254. The number of carbonyl (C=O) groups is 1. The molecule has 0 atom stereocenters. The molecule has 1 aromatic carbocycles. The number of benzene rings is 1. The summed E-state index contributed by atoms with van der Waals surface area (Å²) in [6.07, 6.45) is 2.39. The molecule has 92 valence electrons. The molecule has 0 radical (unpaired) electrons. The Morgan fingerprint density at radius 2 is 2.11 bits per heavy atom. The van der Waals surface area contributed by atoms with Crippen LogP contribution in [0.15, 0.2) is 36.7 Å². The number of nitrogens with one attached hydrogen (secondary N) is 1. The predicted octanol–water partition coefficient (Wildman–Crippen LogP) is 2.71. The monoisotopic (exact) mass is 265 g/mol. The third-order valence-electron chi connectivity index (χ3n) is 2.22. The summed E-state index contributed by atoms with van der Waals surface area (Å²) in [4.78, 5) is 15.5. The Morgan fingerprint density at radius 3 is 2.78 bits per heavy atom. The molecule has 3 N–H and O–H groups in total. The Bertz CT molecular complexity index is 604. The number of halogens is 2. The summed E-state index contributed by atoms with van der Waals surface area (Å²) >= 11 is 5.73. The number of anilines is 2. The summed E-state index contributed by atoms with van der Waals surface area (Å²) in [7, 11) is 0. The normalized spacial score (nSPS) is 10.1. The van der Waals surface area contributed by atoms with E-state index in [1.807, 2.05) is 0 Å². The largest absolute Gasteiger partial charge is 0.398 e. The molecular weight excluding hydrogens is 257 g/mol. The number of nitrogens with two attached hydrogens (primary N) is 1. The van der Waals surface area contributed by atoms with E-state index in [0.717, 1.165) is 12.3 Å². The number of hydrogen-bond donors (Lipinski definition) is 2. The zero-order valence-corrected chi connectivity index (χ0v) is 9.91. The van der Waals surface area contributed by atoms with Gasteiger partial charge in [-0.25, -0.2) is 4.39 Å². The molecule has 18 heavy (non-hydrogen) atoms. The van der Waals surface area contributed by atoms with Gasteiger partial charge in [0.1, 0.15) is 5.82 Å². The van der Waals surface area contributed by atoms with E-state index in [1.54, 1.807) is 6.07 Å². The van der Waals surface area contributed by atoms with Gasteiger partial charge in [0.15, 0.2) is 0 Å². The van der Waals surface area contributed by atoms with E-state index in [9.17, 15) is 9.18 Å². The van der Waals surface area contributed by atoms with Gasteiger partial charge in [0.25, 0.3) is 5.91 Å². The van der Waals surface area contributed by atoms with Gasteiger partial charge in [0.05, 0.1) is 23.6 Å². The number of hydrogen-bond acceptors (Lipinski definition) is 3. The minimum atomic E-state index is -0.531. The molecule has 1 heterocycles. The summed E-state index contributed by atoms with van der Waals surface area (Å²) < 4.78 is 12.9. The molecule has 0 bridgehead atoms. The first-order valence-corrected chi connectivity index (χ1v) is 5.41. The van der Waals surface area contributed by atoms with Crippen LogP contribution in [0.3, 0.4) is 0 Å². The molecule has 0 aliphatic carbocycles. The van der Waals surface area contributed by atoms with Crippen LogP contribution in [0.5, 0.6) is 0 Å². The molecular formula is C12H9ClFN3O. The predicted molar refractivity (Wildman–Crippen MR) is 68.0 cm³/mol. The van der Waals surface area contributed by atoms with Crippen LogP contribution in [0.25, 0.3) is 0 Å². The van der Waals surface area contributed by atoms with Crippen molar-refractivity contribution in [2.45, 2.75) is 0 Å². The third kappa shape index (κ3) is 2.75. The van der Waals surface area contributed by atoms with Gasteiger partial charge < -0.3 is 11.1 Å². The number of pyridine rings is 1. The Kier molecular flexibility index (Phi) is 3.43. The summed E-state index contributed by atoms with van der Waals surface area (Å²) in [6, 6.07) is 5.69. The Balaban J connectivity index is 2.22. The number of carbonyl (C=O) groups excluding carboxylic acids is 1. The molecule has 2 rings (SSSR count). The van der Waals surface area contributed by atoms with E-state index in [0.29, 0.717) is 5.02 Å². The lowest BCUT2D eigenvalue weighted by molar-refractivity contribution is 0.102. The molecule has 0 aliphatic heterocycles. The van der Waals surface area contributed by atoms with Crippen LogP contribution in [0, 0.1) is 5.82 Å². The quantitative estimate of drug-likeness (QED) is 0.821. The van der Waals surface area contributed by atoms with Crippen molar-refractivity contribution in [3.05, 3.63) is 53.1 Å². The Labute approximate surface area is 108 Å². The van der Waals surface area contributed by atoms with Crippen LogP contribution in [0.1, 0.15) is 10.4 Å². The summed E-state index contributed by atoms with van der Waals surface area (Å²) in [5.41, 5.74) is 6.45. The lowest BCUT2D eigenvalue weighted by Gasteiger charge is -2.07. The van der Waals surface area contributed by atoms with Crippen molar-refractivity contribution in [3.8, 4) is 0 Å². The van der Waals surface area contributed by atoms with Gasteiger partial charge in [-0.1, -0.05) is 11.6 Å². The van der Waals surface area contributed by atoms with Crippen molar-refractivity contribution in [1.29, 1.82) is 0 Å². The molecule has 0 saturated heterocycles. The van der Waals surface area contributed by atoms with Crippen LogP contribution in [0.2, 0.25) is 5.02 Å². The maximum Gasteiger partial charge on any atom is 0.257 e. The number of amides is 1. The fourth-order valence-electron chi connectivity index (χ4n) is 1.42. The third-order valence-corrected chi connectivity index (χ3v) is 2.46. The maximum atomic E-state index is 12.9. The van der Waals surface area contributed by atoms with Crippen molar-refractivity contribution in [3.63, 3.8) is 0 Å². The molecule has 6 heteroatoms. The molecule has 0 spiro atoms. The topological polar surface area (TPSA) is 68.0 Å². The van der Waals surface area contributed by atoms with Gasteiger partial charge in [-0.15, -0.1) is 0 Å². The van der Waals surface area contributed by atoms with Crippen molar-refractivity contribution < 1.29 is 9.18 Å². The van der Waals surface area contributed by atoms with Crippen LogP contribution >= 0.6 is 11.6 Å². The van der Waals surface area contributed by atoms with Gasteiger partial charge in [0, 0.05) is 16.8 Å². The lowest BCUT2D eigenvalue weighted by Crippen LogP contribution is -2.14. The van der Waals surface area contributed by atoms with Crippen molar-refractivity contribution in [2.75, 3.05) is 11.1 Å². The van der Waals surface area contributed by atoms with Crippen molar-refractivity contribution in [1.82, 2.24) is 4.98 Å². The summed E-state index contributed by atoms with van der Waals surface area (Å²) in [5.74, 6) is -0.978. The molecule has 2 aromatic rings. The second kappa shape index (κ2) is 5.01. The molecule has 0 aliphatic rings. The number of nitrogens with zero attached hydrogens (tertiary/aromatic N) is 1. The van der Waals surface area contributed by atoms with E-state index in [1.165, 1.54) is 18.3 Å². The molecule has 0 unspecified atom stereocenters. The highest BCUT2D eigenvalue weighted by atomic mass is 35.5. The second-order valence-corrected chi connectivity index (χ2v) is 4.01. The number of aromatic nitrogens is 1. The van der Waals surface area contributed by atoms with E-state index < -0.39 is 11.7 Å². The van der Waals surface area contributed by atoms with Gasteiger partial charge in [-0.2, -0.15) is 0 Å². The first-order chi connectivity index (χ1) is 8.56. The van der Waals surface area contributed by atoms with E-state index in [2.05, 4.69) is 10.3 Å². The molecule has 4 nitrogen and oxygen atoms in total. The van der Waals surface area contributed by atoms with Crippen molar-refractivity contribution >= 4 is 28.9 Å². The second-order valence-electron chi connectivity index (χ2n) is 3.58. The first-order valence-electron chi connectivity index (χ1n) is 5.03. The van der Waals surface area contributed by atoms with E-state index in [-0.39, 0.29) is 16.9 Å². The van der Waals surface area contributed by atoms with Gasteiger partial charge >= 0.3 is 0 Å². The number of nitrogen functional groups attached to an aromatic ring is 1. The minimum Gasteiger partial charge on any atom is -0.398 e. The maximum absolute atomic E-state index is 12.9. The molecule has 1 aromatic heterocycles. The van der Waals surface area contributed by atoms with Crippen LogP contribution in [-0.2, 0) is 0 Å². The van der Waals surface area contributed by atoms with Crippen LogP contribution in [0.4, 0.5) is 15.8 Å². The zero-order chi connectivity index (χ0) is 13.1. The van der Waals surface area contributed by atoms with E-state index >= 15 is 0 Å². The highest BCUT2D eigenvalue weighted by Crippen LogP contribution is 2.19. The smallest absolute Gasteiger partial charge is 0.257 e. The van der Waals surface area contributed by atoms with Crippen LogP contribution in [-0.4, -0.2) is 10.9 Å². The molecule has 1 amide bonds. The highest BCUT2D eigenvalue weighted by molar-refractivity contribution is 6.31. The first kappa shape index (κ1) is 12.3. The highest BCUT2D eigenvalue weighted by Gasteiger charge is 2.10. The standard InChI is InChI=1S/C12H9ClFN3O/c13-7-1-2-10(11(15)3-7)12(18)17-9-4-8(14)5-16-6-9/h1-6H,15H2,(H,17,18). The average molecular weight is 266 g/mol. The zero-order valence-electron chi connectivity index (χ0n) is 9.15. The number of rotatable bonds is 2. The molecule has 0 fully saturated rings. The molecule has 0 saturated carbocycles. The van der Waals surface area contributed by atoms with Gasteiger partial charge in [-0.3, -0.25) is 9.78 Å². The average Bonchev–Trinajstić information content (AvgIpc) is 2.28. The SMILES string of the molecule is Nc1cc(Cl)ccc1C(=O)Nc1cncc(F)c1. The van der Waals surface area contributed by atoms with Crippen molar-refractivity contribution in [2.24, 2.45) is 0 Å². The van der Waals surface area contributed by atoms with Crippen LogP contribution < -0.4 is 11.1 Å². The van der Waals surface area contributed by atoms with Gasteiger partial charge in [0.2, 0.25) is 0 Å². The van der Waals surface area contributed by atoms with Gasteiger partial charge in [-0.05, 0) is 18.2 Å². The Hall–Kier alpha value is -2.14. The lowest BCUT2D eigenvalue weighted by atomic mass is 10.1. The van der Waals surface area contributed by atoms with E-state index in [4.69, 9.17) is 17.3 Å².